The van der Waals surface area contributed by atoms with E-state index in [1.54, 1.807) is 4.90 Å². The molecule has 2 bridgehead atoms. The van der Waals surface area contributed by atoms with E-state index in [0.29, 0.717) is 0 Å². The highest BCUT2D eigenvalue weighted by Crippen LogP contribution is 2.38. The first kappa shape index (κ1) is 17.6. The number of hydrogen-bond donors (Lipinski definition) is 1. The predicted octanol–water partition coefficient (Wildman–Crippen LogP) is 3.45. The van der Waals surface area contributed by atoms with E-state index in [4.69, 9.17) is 9.47 Å². The molecular weight excluding hydrogens is 320 g/mol. The summed E-state index contributed by atoms with van der Waals surface area (Å²) in [6.45, 7) is 5.82. The number of amides is 2. The number of nitrogens with zero attached hydrogens (tertiary/aromatic N) is 1. The third kappa shape index (κ3) is 4.24. The fourth-order valence-electron chi connectivity index (χ4n) is 3.66. The molecule has 2 fully saturated rings. The van der Waals surface area contributed by atoms with Gasteiger partial charge in [-0.3, -0.25) is 0 Å². The molecule has 6 nitrogen and oxygen atoms in total. The number of hydrogen-bond acceptors (Lipinski definition) is 4. The summed E-state index contributed by atoms with van der Waals surface area (Å²) in [7, 11) is 0. The SMILES string of the molecule is CC(C)(C)OC(=O)N1C2CCC1[C@@H](NC(=O)OCc1ccccc1)C2. The second-order valence-electron chi connectivity index (χ2n) is 7.73. The molecule has 0 saturated carbocycles. The molecule has 2 aliphatic heterocycles. The van der Waals surface area contributed by atoms with Crippen molar-refractivity contribution in [3.63, 3.8) is 0 Å². The van der Waals surface area contributed by atoms with Crippen molar-refractivity contribution >= 4 is 12.2 Å². The molecule has 0 spiro atoms. The van der Waals surface area contributed by atoms with Crippen LogP contribution in [0.15, 0.2) is 30.3 Å². The molecule has 2 heterocycles. The maximum Gasteiger partial charge on any atom is 0.410 e. The van der Waals surface area contributed by atoms with Crippen LogP contribution in [0.3, 0.4) is 0 Å². The van der Waals surface area contributed by atoms with Gasteiger partial charge in [-0.1, -0.05) is 30.3 Å². The first-order valence-corrected chi connectivity index (χ1v) is 8.82. The van der Waals surface area contributed by atoms with Crippen LogP contribution in [-0.2, 0) is 16.1 Å². The van der Waals surface area contributed by atoms with Crippen molar-refractivity contribution in [2.24, 2.45) is 0 Å². The number of fused-ring (bicyclic) bond motifs is 2. The Hall–Kier alpha value is -2.24. The topological polar surface area (TPSA) is 67.9 Å². The van der Waals surface area contributed by atoms with E-state index < -0.39 is 11.7 Å². The smallest absolute Gasteiger partial charge is 0.410 e. The molecule has 0 aliphatic carbocycles. The van der Waals surface area contributed by atoms with E-state index in [9.17, 15) is 9.59 Å². The summed E-state index contributed by atoms with van der Waals surface area (Å²) in [5, 5.41) is 2.92. The van der Waals surface area contributed by atoms with Crippen LogP contribution in [0, 0.1) is 0 Å². The molecule has 2 saturated heterocycles. The van der Waals surface area contributed by atoms with Crippen LogP contribution in [0.25, 0.3) is 0 Å². The van der Waals surface area contributed by atoms with Crippen LogP contribution in [0.5, 0.6) is 0 Å². The lowest BCUT2D eigenvalue weighted by molar-refractivity contribution is 0.0209. The zero-order valence-corrected chi connectivity index (χ0v) is 15.0. The van der Waals surface area contributed by atoms with Gasteiger partial charge in [-0.2, -0.15) is 0 Å². The Bertz CT molecular complexity index is 626. The van der Waals surface area contributed by atoms with Crippen molar-refractivity contribution in [2.45, 2.75) is 70.4 Å². The predicted molar refractivity (Wildman–Crippen MR) is 93.1 cm³/mol. The summed E-state index contributed by atoms with van der Waals surface area (Å²) in [4.78, 5) is 26.3. The number of ether oxygens (including phenoxy) is 2. The third-order valence-electron chi connectivity index (χ3n) is 4.66. The van der Waals surface area contributed by atoms with Crippen molar-refractivity contribution in [3.8, 4) is 0 Å². The molecule has 0 radical (unpaired) electrons. The van der Waals surface area contributed by atoms with Crippen LogP contribution in [0.2, 0.25) is 0 Å². The van der Waals surface area contributed by atoms with Crippen molar-refractivity contribution in [3.05, 3.63) is 35.9 Å². The molecule has 2 unspecified atom stereocenters. The Morgan fingerprint density at radius 3 is 2.60 bits per heavy atom. The van der Waals surface area contributed by atoms with E-state index in [0.717, 1.165) is 24.8 Å². The molecule has 0 aromatic heterocycles. The van der Waals surface area contributed by atoms with Gasteiger partial charge in [-0.25, -0.2) is 9.59 Å². The highest BCUT2D eigenvalue weighted by atomic mass is 16.6. The normalized spacial score (nSPS) is 24.9. The van der Waals surface area contributed by atoms with E-state index in [2.05, 4.69) is 5.32 Å². The third-order valence-corrected chi connectivity index (χ3v) is 4.66. The molecule has 6 heteroatoms. The van der Waals surface area contributed by atoms with Crippen LogP contribution >= 0.6 is 0 Å². The Balaban J connectivity index is 1.52. The summed E-state index contributed by atoms with van der Waals surface area (Å²) in [5.41, 5.74) is 0.428. The number of nitrogens with one attached hydrogen (secondary N) is 1. The monoisotopic (exact) mass is 346 g/mol. The molecule has 1 aromatic carbocycles. The quantitative estimate of drug-likeness (QED) is 0.910. The van der Waals surface area contributed by atoms with Gasteiger partial charge in [0.2, 0.25) is 0 Å². The van der Waals surface area contributed by atoms with Crippen LogP contribution in [-0.4, -0.2) is 40.8 Å². The van der Waals surface area contributed by atoms with E-state index in [-0.39, 0.29) is 30.8 Å². The van der Waals surface area contributed by atoms with Gasteiger partial charge < -0.3 is 19.7 Å². The molecule has 1 aromatic rings. The molecule has 25 heavy (non-hydrogen) atoms. The zero-order valence-electron chi connectivity index (χ0n) is 15.0. The maximum atomic E-state index is 12.4. The molecule has 1 N–H and O–H groups in total. The van der Waals surface area contributed by atoms with E-state index in [1.165, 1.54) is 0 Å². The van der Waals surface area contributed by atoms with Crippen molar-refractivity contribution in [1.29, 1.82) is 0 Å². The summed E-state index contributed by atoms with van der Waals surface area (Å²) in [5.74, 6) is 0. The highest BCUT2D eigenvalue weighted by Gasteiger charge is 2.50. The summed E-state index contributed by atoms with van der Waals surface area (Å²) >= 11 is 0. The Morgan fingerprint density at radius 1 is 1.20 bits per heavy atom. The number of rotatable bonds is 3. The van der Waals surface area contributed by atoms with Crippen LogP contribution in [0.4, 0.5) is 9.59 Å². The average molecular weight is 346 g/mol. The van der Waals surface area contributed by atoms with Crippen molar-refractivity contribution in [1.82, 2.24) is 10.2 Å². The molecule has 2 aliphatic rings. The molecular formula is C19H26N2O4. The van der Waals surface area contributed by atoms with Gasteiger partial charge in [0.1, 0.15) is 12.2 Å². The fourth-order valence-corrected chi connectivity index (χ4v) is 3.66. The Labute approximate surface area is 148 Å². The highest BCUT2D eigenvalue weighted by molar-refractivity contribution is 5.71. The van der Waals surface area contributed by atoms with Gasteiger partial charge in [0.15, 0.2) is 0 Å². The zero-order chi connectivity index (χ0) is 18.0. The lowest BCUT2D eigenvalue weighted by Gasteiger charge is -2.28. The van der Waals surface area contributed by atoms with Gasteiger partial charge in [0.25, 0.3) is 0 Å². The number of alkyl carbamates (subject to hydrolysis) is 1. The molecule has 3 rings (SSSR count). The Morgan fingerprint density at radius 2 is 1.92 bits per heavy atom. The van der Waals surface area contributed by atoms with Crippen LogP contribution in [0.1, 0.15) is 45.6 Å². The first-order chi connectivity index (χ1) is 11.8. The molecule has 2 amide bonds. The largest absolute Gasteiger partial charge is 0.445 e. The summed E-state index contributed by atoms with van der Waals surface area (Å²) in [6, 6.07) is 9.61. The summed E-state index contributed by atoms with van der Waals surface area (Å²) < 4.78 is 10.8. The first-order valence-electron chi connectivity index (χ1n) is 8.82. The number of carbonyl (C=O) groups excluding carboxylic acids is 2. The second-order valence-corrected chi connectivity index (χ2v) is 7.73. The Kier molecular flexibility index (Phi) is 4.88. The average Bonchev–Trinajstić information content (AvgIpc) is 3.10. The second kappa shape index (κ2) is 6.94. The van der Waals surface area contributed by atoms with Crippen molar-refractivity contribution < 1.29 is 19.1 Å². The minimum absolute atomic E-state index is 0.0101. The summed E-state index contributed by atoms with van der Waals surface area (Å²) in [6.07, 6.45) is 1.87. The van der Waals surface area contributed by atoms with Gasteiger partial charge >= 0.3 is 12.2 Å². The minimum Gasteiger partial charge on any atom is -0.445 e. The van der Waals surface area contributed by atoms with Gasteiger partial charge in [0, 0.05) is 6.04 Å². The van der Waals surface area contributed by atoms with Crippen LogP contribution < -0.4 is 5.32 Å². The maximum absolute atomic E-state index is 12.4. The minimum atomic E-state index is -0.517. The van der Waals surface area contributed by atoms with E-state index in [1.807, 2.05) is 51.1 Å². The number of benzene rings is 1. The van der Waals surface area contributed by atoms with Gasteiger partial charge in [-0.05, 0) is 45.6 Å². The van der Waals surface area contributed by atoms with Crippen molar-refractivity contribution in [2.75, 3.05) is 0 Å². The molecule has 136 valence electrons. The number of carbonyl (C=O) groups is 2. The lowest BCUT2D eigenvalue weighted by Crippen LogP contribution is -2.46. The fraction of sp³-hybridized carbons (Fsp3) is 0.579. The standard InChI is InChI=1S/C19H26N2O4/c1-19(2,3)25-18(23)21-14-9-10-16(21)15(11-14)20-17(22)24-12-13-7-5-4-6-8-13/h4-8,14-16H,9-12H2,1-3H3,(H,20,22)/t14?,15-,16?/m0/s1. The molecule has 3 atom stereocenters. The lowest BCUT2D eigenvalue weighted by atomic mass is 9.96. The van der Waals surface area contributed by atoms with Gasteiger partial charge in [-0.15, -0.1) is 0 Å². The van der Waals surface area contributed by atoms with Gasteiger partial charge in [0.05, 0.1) is 12.1 Å². The van der Waals surface area contributed by atoms with E-state index >= 15 is 0 Å².